The second-order valence-electron chi connectivity index (χ2n) is 8.74. The number of amides is 3. The topological polar surface area (TPSA) is 122 Å². The van der Waals surface area contributed by atoms with Crippen molar-refractivity contribution in [3.63, 3.8) is 0 Å². The fourth-order valence-corrected chi connectivity index (χ4v) is 4.49. The van der Waals surface area contributed by atoms with Crippen LogP contribution in [0.25, 0.3) is 0 Å². The number of anilines is 1. The molecule has 3 rings (SSSR count). The number of nitrogens with zero attached hydrogens (tertiary/aromatic N) is 3. The monoisotopic (exact) mass is 462 g/mol. The van der Waals surface area contributed by atoms with Gasteiger partial charge in [-0.2, -0.15) is 0 Å². The van der Waals surface area contributed by atoms with Crippen LogP contribution in [-0.2, 0) is 19.1 Å². The number of hydrogen-bond donors (Lipinski definition) is 2. The van der Waals surface area contributed by atoms with E-state index in [2.05, 4.69) is 5.32 Å². The summed E-state index contributed by atoms with van der Waals surface area (Å²) in [6.45, 7) is 3.95. The molecule has 0 spiro atoms. The quantitative estimate of drug-likeness (QED) is 0.181. The number of morpholine rings is 1. The zero-order chi connectivity index (χ0) is 23.8. The van der Waals surface area contributed by atoms with Crippen molar-refractivity contribution >= 4 is 29.6 Å². The van der Waals surface area contributed by atoms with Gasteiger partial charge in [-0.1, -0.05) is 19.8 Å². The first-order valence-electron chi connectivity index (χ1n) is 11.7. The first kappa shape index (κ1) is 25.1. The first-order valence-corrected chi connectivity index (χ1v) is 11.7. The van der Waals surface area contributed by atoms with Crippen LogP contribution in [0.5, 0.6) is 0 Å². The lowest BCUT2D eigenvalue weighted by molar-refractivity contribution is -0.157. The molecule has 2 aliphatic rings. The van der Waals surface area contributed by atoms with E-state index in [4.69, 9.17) is 4.74 Å². The molecule has 0 bridgehead atoms. The fourth-order valence-electron chi connectivity index (χ4n) is 4.49. The Bertz CT molecular complexity index is 812. The van der Waals surface area contributed by atoms with Crippen molar-refractivity contribution in [2.75, 3.05) is 44.7 Å². The van der Waals surface area contributed by atoms with Crippen LogP contribution in [-0.4, -0.2) is 78.8 Å². The molecule has 2 saturated heterocycles. The smallest absolute Gasteiger partial charge is 0.247 e. The molecule has 2 N–H and O–H groups in total. The van der Waals surface area contributed by atoms with Crippen molar-refractivity contribution in [1.82, 2.24) is 14.6 Å². The van der Waals surface area contributed by atoms with Gasteiger partial charge in [0.15, 0.2) is 0 Å². The minimum atomic E-state index is -0.609. The summed E-state index contributed by atoms with van der Waals surface area (Å²) in [5.41, 5.74) is 1.18. The van der Waals surface area contributed by atoms with Gasteiger partial charge in [0.2, 0.25) is 18.2 Å². The number of carbonyl (C=O) groups excluding carboxylic acids is 3. The van der Waals surface area contributed by atoms with E-state index in [1.807, 2.05) is 6.92 Å². The van der Waals surface area contributed by atoms with E-state index in [1.165, 1.54) is 0 Å². The van der Waals surface area contributed by atoms with Crippen molar-refractivity contribution in [2.45, 2.75) is 45.1 Å². The number of hydrogen-bond acceptors (Lipinski definition) is 6. The zero-order valence-corrected chi connectivity index (χ0v) is 19.1. The molecule has 33 heavy (non-hydrogen) atoms. The second-order valence-corrected chi connectivity index (χ2v) is 8.74. The van der Waals surface area contributed by atoms with Gasteiger partial charge in [-0.25, -0.2) is 5.06 Å². The SMILES string of the molecule is CCCC[C@H](CN(O)C=O)C(=O)N1CCC[C@H]1C(=O)Nc1ccc([N+]2([O-])CCOCC2)cc1. The van der Waals surface area contributed by atoms with Crippen LogP contribution < -0.4 is 9.96 Å². The van der Waals surface area contributed by atoms with E-state index >= 15 is 0 Å². The Hall–Kier alpha value is -2.53. The van der Waals surface area contributed by atoms with E-state index in [0.29, 0.717) is 68.5 Å². The Labute approximate surface area is 194 Å². The van der Waals surface area contributed by atoms with Crippen molar-refractivity contribution in [1.29, 1.82) is 0 Å². The van der Waals surface area contributed by atoms with Crippen molar-refractivity contribution in [3.05, 3.63) is 29.5 Å². The molecule has 2 heterocycles. The maximum atomic E-state index is 13.2. The Morgan fingerprint density at radius 2 is 2.03 bits per heavy atom. The van der Waals surface area contributed by atoms with Crippen LogP contribution >= 0.6 is 0 Å². The van der Waals surface area contributed by atoms with Crippen LogP contribution in [0.1, 0.15) is 39.0 Å². The van der Waals surface area contributed by atoms with Gasteiger partial charge in [0, 0.05) is 24.4 Å². The van der Waals surface area contributed by atoms with Crippen LogP contribution in [0, 0.1) is 11.1 Å². The van der Waals surface area contributed by atoms with Gasteiger partial charge in [0.25, 0.3) is 0 Å². The second kappa shape index (κ2) is 11.6. The summed E-state index contributed by atoms with van der Waals surface area (Å²) in [6, 6.07) is 6.25. The zero-order valence-electron chi connectivity index (χ0n) is 19.1. The van der Waals surface area contributed by atoms with Gasteiger partial charge >= 0.3 is 0 Å². The molecule has 1 aromatic carbocycles. The lowest BCUT2D eigenvalue weighted by atomic mass is 9.99. The number of carbonyl (C=O) groups is 3. The number of rotatable bonds is 10. The third-order valence-corrected chi connectivity index (χ3v) is 6.42. The lowest BCUT2D eigenvalue weighted by Gasteiger charge is -2.44. The predicted molar refractivity (Wildman–Crippen MR) is 123 cm³/mol. The minimum Gasteiger partial charge on any atom is -0.627 e. The average Bonchev–Trinajstić information content (AvgIpc) is 3.32. The van der Waals surface area contributed by atoms with Gasteiger partial charge in [-0.15, -0.1) is 0 Å². The van der Waals surface area contributed by atoms with Crippen LogP contribution in [0.3, 0.4) is 0 Å². The van der Waals surface area contributed by atoms with Gasteiger partial charge in [0.05, 0.1) is 25.7 Å². The summed E-state index contributed by atoms with van der Waals surface area (Å²) in [7, 11) is 0. The number of nitrogens with one attached hydrogen (secondary N) is 1. The summed E-state index contributed by atoms with van der Waals surface area (Å²) < 4.78 is 4.83. The third-order valence-electron chi connectivity index (χ3n) is 6.42. The highest BCUT2D eigenvalue weighted by Gasteiger charge is 2.37. The minimum absolute atomic E-state index is 0.0884. The highest BCUT2D eigenvalue weighted by atomic mass is 16.6. The largest absolute Gasteiger partial charge is 0.627 e. The molecule has 3 amide bonds. The highest BCUT2D eigenvalue weighted by Crippen LogP contribution is 2.27. The number of likely N-dealkylation sites (tertiary alicyclic amines) is 1. The van der Waals surface area contributed by atoms with E-state index in [0.717, 1.165) is 12.8 Å². The third kappa shape index (κ3) is 6.29. The first-order chi connectivity index (χ1) is 15.9. The standard InChI is InChI=1S/C23H34N4O6/c1-2-3-5-18(16-25(31)17-28)23(30)26-11-4-6-21(26)22(29)24-19-7-9-20(10-8-19)27(32)12-14-33-15-13-27/h7-10,17-18,21,31H,2-6,11-16H2,1H3,(H,24,29)/t18-,21+/m1/s1. The summed E-state index contributed by atoms with van der Waals surface area (Å²) in [5.74, 6) is -1.06. The molecule has 0 aliphatic carbocycles. The lowest BCUT2D eigenvalue weighted by Crippen LogP contribution is -2.51. The van der Waals surface area contributed by atoms with Gasteiger partial charge in [-0.05, 0) is 31.4 Å². The number of unbranched alkanes of at least 4 members (excludes halogenated alkanes) is 1. The summed E-state index contributed by atoms with van der Waals surface area (Å²) in [5, 5.41) is 25.9. The van der Waals surface area contributed by atoms with Crippen LogP contribution in [0.4, 0.5) is 11.4 Å². The molecule has 182 valence electrons. The van der Waals surface area contributed by atoms with Gasteiger partial charge < -0.3 is 24.8 Å². The number of ether oxygens (including phenoxy) is 1. The maximum Gasteiger partial charge on any atom is 0.247 e. The normalized spacial score (nSPS) is 20.8. The average molecular weight is 463 g/mol. The molecule has 10 nitrogen and oxygen atoms in total. The number of hydroxylamine groups is 4. The summed E-state index contributed by atoms with van der Waals surface area (Å²) in [6.07, 6.45) is 3.74. The maximum absolute atomic E-state index is 13.2. The van der Waals surface area contributed by atoms with Crippen LogP contribution in [0.15, 0.2) is 24.3 Å². The molecule has 2 atom stereocenters. The van der Waals surface area contributed by atoms with Crippen LogP contribution in [0.2, 0.25) is 0 Å². The van der Waals surface area contributed by atoms with E-state index in [1.54, 1.807) is 29.2 Å². The van der Waals surface area contributed by atoms with Crippen molar-refractivity contribution in [3.8, 4) is 0 Å². The molecule has 1 aromatic rings. The molecule has 0 radical (unpaired) electrons. The molecule has 2 aliphatic heterocycles. The van der Waals surface area contributed by atoms with E-state index in [9.17, 15) is 24.8 Å². The Morgan fingerprint density at radius 1 is 1.33 bits per heavy atom. The molecule has 10 heteroatoms. The Balaban J connectivity index is 1.64. The fraction of sp³-hybridized carbons (Fsp3) is 0.609. The van der Waals surface area contributed by atoms with Crippen molar-refractivity contribution in [2.24, 2.45) is 5.92 Å². The van der Waals surface area contributed by atoms with E-state index in [-0.39, 0.29) is 24.8 Å². The summed E-state index contributed by atoms with van der Waals surface area (Å²) >= 11 is 0. The Kier molecular flexibility index (Phi) is 8.79. The highest BCUT2D eigenvalue weighted by molar-refractivity contribution is 5.98. The molecule has 0 unspecified atom stereocenters. The van der Waals surface area contributed by atoms with E-state index < -0.39 is 16.6 Å². The number of benzene rings is 1. The van der Waals surface area contributed by atoms with Gasteiger partial charge in [0.1, 0.15) is 24.8 Å². The number of quaternary nitrogens is 1. The molecule has 0 saturated carbocycles. The molecular formula is C23H34N4O6. The predicted octanol–water partition coefficient (Wildman–Crippen LogP) is 2.11. The molecule has 2 fully saturated rings. The van der Waals surface area contributed by atoms with Gasteiger partial charge in [-0.3, -0.25) is 19.6 Å². The van der Waals surface area contributed by atoms with Crippen molar-refractivity contribution < 1.29 is 24.3 Å². The molecular weight excluding hydrogens is 428 g/mol. The summed E-state index contributed by atoms with van der Waals surface area (Å²) in [4.78, 5) is 38.6. The Morgan fingerprint density at radius 3 is 2.67 bits per heavy atom. The molecule has 0 aromatic heterocycles.